The van der Waals surface area contributed by atoms with Gasteiger partial charge in [0.2, 0.25) is 11.8 Å². The van der Waals surface area contributed by atoms with E-state index in [4.69, 9.17) is 0 Å². The molecule has 1 saturated heterocycles. The number of likely N-dealkylation sites (tertiary alicyclic amines) is 1. The summed E-state index contributed by atoms with van der Waals surface area (Å²) in [6.07, 6.45) is 9.93. The molecule has 0 spiro atoms. The molecule has 0 aliphatic carbocycles. The summed E-state index contributed by atoms with van der Waals surface area (Å²) in [6, 6.07) is 12.3. The summed E-state index contributed by atoms with van der Waals surface area (Å²) >= 11 is 0. The normalized spacial score (nSPS) is 17.5. The number of nitrogens with zero attached hydrogens (tertiary/aromatic N) is 4. The number of nitrogens with one attached hydrogen (secondary N) is 2. The zero-order valence-electron chi connectivity index (χ0n) is 18.1. The number of benzene rings is 1. The monoisotopic (exact) mass is 432 g/mol. The Hall–Kier alpha value is -3.52. The average molecular weight is 433 g/mol. The Bertz CT molecular complexity index is 1040. The van der Waals surface area contributed by atoms with Crippen LogP contribution in [0.3, 0.4) is 0 Å². The minimum Gasteiger partial charge on any atom is -0.325 e. The second-order valence-corrected chi connectivity index (χ2v) is 8.06. The first-order valence-electron chi connectivity index (χ1n) is 10.9. The number of hydrogen-bond acceptors (Lipinski definition) is 5. The van der Waals surface area contributed by atoms with Gasteiger partial charge >= 0.3 is 0 Å². The molecule has 2 unspecified atom stereocenters. The summed E-state index contributed by atoms with van der Waals surface area (Å²) < 4.78 is 1.60. The van der Waals surface area contributed by atoms with Crippen LogP contribution in [0.25, 0.3) is 0 Å². The second kappa shape index (κ2) is 10.2. The summed E-state index contributed by atoms with van der Waals surface area (Å²) in [5.41, 5.74) is 2.39. The summed E-state index contributed by atoms with van der Waals surface area (Å²) in [7, 11) is 0. The van der Waals surface area contributed by atoms with Crippen molar-refractivity contribution < 1.29 is 9.59 Å². The fourth-order valence-corrected chi connectivity index (χ4v) is 3.98. The highest BCUT2D eigenvalue weighted by Crippen LogP contribution is 2.22. The number of amides is 2. The van der Waals surface area contributed by atoms with Crippen LogP contribution in [0.4, 0.5) is 11.4 Å². The third kappa shape index (κ3) is 5.39. The van der Waals surface area contributed by atoms with Crippen molar-refractivity contribution in [2.45, 2.75) is 44.8 Å². The molecule has 2 atom stereocenters. The maximum absolute atomic E-state index is 13.1. The Morgan fingerprint density at radius 2 is 1.94 bits per heavy atom. The molecule has 2 amide bonds. The number of carbonyl (C=O) groups is 2. The number of rotatable bonds is 7. The second-order valence-electron chi connectivity index (χ2n) is 8.06. The van der Waals surface area contributed by atoms with Crippen LogP contribution in [0.15, 0.2) is 67.3 Å². The minimum absolute atomic E-state index is 0.0259. The van der Waals surface area contributed by atoms with Crippen LogP contribution in [0, 0.1) is 0 Å². The van der Waals surface area contributed by atoms with Crippen molar-refractivity contribution >= 4 is 23.2 Å². The number of pyridine rings is 1. The van der Waals surface area contributed by atoms with Gasteiger partial charge in [0.15, 0.2) is 0 Å². The number of hydrogen-bond donors (Lipinski definition) is 2. The molecule has 0 saturated carbocycles. The molecule has 8 nitrogen and oxygen atoms in total. The van der Waals surface area contributed by atoms with E-state index in [-0.39, 0.29) is 17.9 Å². The van der Waals surface area contributed by atoms with Gasteiger partial charge in [-0.25, -0.2) is 0 Å². The first-order valence-corrected chi connectivity index (χ1v) is 10.9. The van der Waals surface area contributed by atoms with E-state index < -0.39 is 6.04 Å². The molecule has 8 heteroatoms. The van der Waals surface area contributed by atoms with Gasteiger partial charge in [0.05, 0.1) is 6.04 Å². The number of piperidine rings is 1. The Kier molecular flexibility index (Phi) is 6.91. The van der Waals surface area contributed by atoms with Gasteiger partial charge in [-0.1, -0.05) is 18.6 Å². The van der Waals surface area contributed by atoms with Crippen LogP contribution < -0.4 is 10.6 Å². The van der Waals surface area contributed by atoms with Gasteiger partial charge < -0.3 is 10.6 Å². The van der Waals surface area contributed by atoms with Gasteiger partial charge in [0.1, 0.15) is 6.04 Å². The lowest BCUT2D eigenvalue weighted by molar-refractivity contribution is -0.122. The summed E-state index contributed by atoms with van der Waals surface area (Å²) in [6.45, 7) is 3.37. The van der Waals surface area contributed by atoms with E-state index in [1.165, 1.54) is 0 Å². The quantitative estimate of drug-likeness (QED) is 0.596. The molecule has 32 heavy (non-hydrogen) atoms. The predicted molar refractivity (Wildman–Crippen MR) is 123 cm³/mol. The zero-order valence-corrected chi connectivity index (χ0v) is 18.1. The lowest BCUT2D eigenvalue weighted by Gasteiger charge is -2.34. The van der Waals surface area contributed by atoms with Crippen LogP contribution in [-0.4, -0.2) is 44.1 Å². The fraction of sp³-hybridized carbons (Fsp3) is 0.333. The van der Waals surface area contributed by atoms with Crippen molar-refractivity contribution in [1.82, 2.24) is 19.7 Å². The van der Waals surface area contributed by atoms with E-state index in [1.807, 2.05) is 30.5 Å². The van der Waals surface area contributed by atoms with Gasteiger partial charge in [0, 0.05) is 42.7 Å². The van der Waals surface area contributed by atoms with Gasteiger partial charge in [-0.2, -0.15) is 5.10 Å². The van der Waals surface area contributed by atoms with E-state index >= 15 is 0 Å². The molecule has 2 N–H and O–H groups in total. The fourth-order valence-electron chi connectivity index (χ4n) is 3.98. The molecule has 1 aromatic carbocycles. The van der Waals surface area contributed by atoms with E-state index in [0.717, 1.165) is 31.4 Å². The van der Waals surface area contributed by atoms with Crippen molar-refractivity contribution in [3.63, 3.8) is 0 Å². The predicted octanol–water partition coefficient (Wildman–Crippen LogP) is 3.47. The highest BCUT2D eigenvalue weighted by molar-refractivity contribution is 5.97. The average Bonchev–Trinajstić information content (AvgIpc) is 3.35. The van der Waals surface area contributed by atoms with Crippen LogP contribution in [0.5, 0.6) is 0 Å². The molecule has 2 aromatic heterocycles. The van der Waals surface area contributed by atoms with E-state index in [2.05, 4.69) is 25.6 Å². The van der Waals surface area contributed by atoms with Crippen LogP contribution in [-0.2, 0) is 16.1 Å². The third-order valence-electron chi connectivity index (χ3n) is 5.72. The number of anilines is 2. The highest BCUT2D eigenvalue weighted by atomic mass is 16.2. The third-order valence-corrected chi connectivity index (χ3v) is 5.72. The molecule has 3 heterocycles. The lowest BCUT2D eigenvalue weighted by atomic mass is 10.0. The van der Waals surface area contributed by atoms with Crippen LogP contribution >= 0.6 is 0 Å². The standard InChI is InChI=1S/C24H28N6O2/c1-18(30-14-6-12-26-30)23(31)27-20-8-4-9-21(15-20)28-24(32)22-10-2-3-13-29(22)17-19-7-5-11-25-16-19/h4-9,11-12,14-16,18,22H,2-3,10,13,17H2,1H3,(H,27,31)(H,28,32). The molecular weight excluding hydrogens is 404 g/mol. The van der Waals surface area contributed by atoms with Gasteiger partial charge in [-0.05, 0) is 62.2 Å². The largest absolute Gasteiger partial charge is 0.325 e. The highest BCUT2D eigenvalue weighted by Gasteiger charge is 2.28. The van der Waals surface area contributed by atoms with E-state index in [1.54, 1.807) is 48.4 Å². The molecule has 0 bridgehead atoms. The van der Waals surface area contributed by atoms with Gasteiger partial charge in [0.25, 0.3) is 0 Å². The Morgan fingerprint density at radius 1 is 1.09 bits per heavy atom. The van der Waals surface area contributed by atoms with Crippen LogP contribution in [0.2, 0.25) is 0 Å². The summed E-state index contributed by atoms with van der Waals surface area (Å²) in [5, 5.41) is 10.0. The number of aromatic nitrogens is 3. The summed E-state index contributed by atoms with van der Waals surface area (Å²) in [4.78, 5) is 32.0. The minimum atomic E-state index is -0.438. The molecule has 0 radical (unpaired) electrons. The molecule has 166 valence electrons. The molecule has 3 aromatic rings. The summed E-state index contributed by atoms with van der Waals surface area (Å²) in [5.74, 6) is -0.200. The van der Waals surface area contributed by atoms with Crippen LogP contribution in [0.1, 0.15) is 37.8 Å². The lowest BCUT2D eigenvalue weighted by Crippen LogP contribution is -2.46. The van der Waals surface area contributed by atoms with Crippen molar-refractivity contribution in [2.24, 2.45) is 0 Å². The SMILES string of the molecule is CC(C(=O)Nc1cccc(NC(=O)C2CCCCN2Cc2cccnc2)c1)n1cccn1. The molecule has 1 aliphatic rings. The Balaban J connectivity index is 1.39. The zero-order chi connectivity index (χ0) is 22.3. The first kappa shape index (κ1) is 21.7. The molecule has 4 rings (SSSR count). The van der Waals surface area contributed by atoms with Gasteiger partial charge in [-0.15, -0.1) is 0 Å². The molecule has 1 aliphatic heterocycles. The Morgan fingerprint density at radius 3 is 2.69 bits per heavy atom. The molecule has 1 fully saturated rings. The maximum atomic E-state index is 13.1. The smallest absolute Gasteiger partial charge is 0.248 e. The van der Waals surface area contributed by atoms with E-state index in [9.17, 15) is 9.59 Å². The first-order chi connectivity index (χ1) is 15.6. The topological polar surface area (TPSA) is 92.2 Å². The van der Waals surface area contributed by atoms with Crippen molar-refractivity contribution in [1.29, 1.82) is 0 Å². The Labute approximate surface area is 187 Å². The number of carbonyl (C=O) groups excluding carboxylic acids is 2. The van der Waals surface area contributed by atoms with E-state index in [0.29, 0.717) is 17.9 Å². The van der Waals surface area contributed by atoms with Gasteiger partial charge in [-0.3, -0.25) is 24.2 Å². The maximum Gasteiger partial charge on any atom is 0.248 e. The van der Waals surface area contributed by atoms with Crippen molar-refractivity contribution in [2.75, 3.05) is 17.2 Å². The van der Waals surface area contributed by atoms with Crippen molar-refractivity contribution in [3.05, 3.63) is 72.8 Å². The van der Waals surface area contributed by atoms with Crippen molar-refractivity contribution in [3.8, 4) is 0 Å². The molecular formula is C24H28N6O2.